The maximum atomic E-state index is 5.28. The number of hydrogen-bond donors (Lipinski definition) is 0. The van der Waals surface area contributed by atoms with Crippen LogP contribution in [0, 0.1) is 0 Å². The molecule has 0 unspecified atom stereocenters. The van der Waals surface area contributed by atoms with Gasteiger partial charge < -0.3 is 9.47 Å². The molecular formula is C13H20Br3NO2. The number of nitrogens with zero attached hydrogens (tertiary/aromatic N) is 1. The molecule has 110 valence electrons. The second kappa shape index (κ2) is 10.9. The second-order valence-electron chi connectivity index (χ2n) is 3.88. The maximum absolute atomic E-state index is 5.28. The molecule has 0 aliphatic rings. The summed E-state index contributed by atoms with van der Waals surface area (Å²) in [6.07, 6.45) is 0. The zero-order chi connectivity index (χ0) is 13.4. The first kappa shape index (κ1) is 19.2. The molecule has 0 saturated carbocycles. The molecule has 0 fully saturated rings. The molecule has 0 radical (unpaired) electrons. The van der Waals surface area contributed by atoms with Crippen LogP contribution in [0.5, 0.6) is 11.5 Å². The lowest BCUT2D eigenvalue weighted by Crippen LogP contribution is -2.27. The minimum Gasteiger partial charge on any atom is -0.497 e. The first-order valence-corrected chi connectivity index (χ1v) is 8.04. The van der Waals surface area contributed by atoms with Crippen molar-refractivity contribution in [3.8, 4) is 11.5 Å². The van der Waals surface area contributed by atoms with Crippen LogP contribution in [0.25, 0.3) is 0 Å². The molecule has 19 heavy (non-hydrogen) atoms. The van der Waals surface area contributed by atoms with Gasteiger partial charge in [-0.2, -0.15) is 0 Å². The molecule has 1 aromatic carbocycles. The van der Waals surface area contributed by atoms with E-state index in [1.165, 1.54) is 5.56 Å². The van der Waals surface area contributed by atoms with Gasteiger partial charge in [-0.3, -0.25) is 4.90 Å². The lowest BCUT2D eigenvalue weighted by Gasteiger charge is -2.20. The number of benzene rings is 1. The lowest BCUT2D eigenvalue weighted by molar-refractivity contribution is 0.301. The summed E-state index contributed by atoms with van der Waals surface area (Å²) in [5.74, 6) is 1.67. The van der Waals surface area contributed by atoms with Gasteiger partial charge in [0.25, 0.3) is 0 Å². The molecule has 0 aromatic heterocycles. The van der Waals surface area contributed by atoms with Crippen LogP contribution in [-0.4, -0.2) is 42.9 Å². The van der Waals surface area contributed by atoms with Crippen LogP contribution in [0.15, 0.2) is 18.2 Å². The van der Waals surface area contributed by atoms with Crippen molar-refractivity contribution >= 4 is 48.8 Å². The van der Waals surface area contributed by atoms with E-state index in [2.05, 4.69) is 48.9 Å². The van der Waals surface area contributed by atoms with E-state index in [4.69, 9.17) is 9.47 Å². The Kier molecular flexibility index (Phi) is 11.1. The van der Waals surface area contributed by atoms with Gasteiger partial charge in [0, 0.05) is 36.4 Å². The minimum atomic E-state index is 0. The van der Waals surface area contributed by atoms with Gasteiger partial charge in [-0.15, -0.1) is 17.0 Å². The Morgan fingerprint density at radius 2 is 1.42 bits per heavy atom. The van der Waals surface area contributed by atoms with Gasteiger partial charge in [-0.25, -0.2) is 0 Å². The van der Waals surface area contributed by atoms with Crippen molar-refractivity contribution in [1.29, 1.82) is 0 Å². The minimum absolute atomic E-state index is 0. The largest absolute Gasteiger partial charge is 0.497 e. The Balaban J connectivity index is 0.00000324. The quantitative estimate of drug-likeness (QED) is 0.548. The first-order valence-electron chi connectivity index (χ1n) is 5.79. The molecule has 0 aliphatic carbocycles. The van der Waals surface area contributed by atoms with E-state index < -0.39 is 0 Å². The standard InChI is InChI=1S/C13H19Br2NO2.BrH/c1-17-12-7-11(8-13(9-12)18-2)10-16(5-3-14)6-4-15;/h7-9H,3-6,10H2,1-2H3;1H. The summed E-state index contributed by atoms with van der Waals surface area (Å²) in [4.78, 5) is 2.37. The molecule has 0 bridgehead atoms. The van der Waals surface area contributed by atoms with Crippen LogP contribution in [0.2, 0.25) is 0 Å². The Hall–Kier alpha value is 0.220. The van der Waals surface area contributed by atoms with Crippen LogP contribution >= 0.6 is 48.8 Å². The van der Waals surface area contributed by atoms with Crippen molar-refractivity contribution < 1.29 is 9.47 Å². The fourth-order valence-electron chi connectivity index (χ4n) is 1.72. The predicted octanol–water partition coefficient (Wildman–Crippen LogP) is 3.87. The van der Waals surface area contributed by atoms with Crippen LogP contribution in [0.4, 0.5) is 0 Å². The average molecular weight is 462 g/mol. The highest BCUT2D eigenvalue weighted by molar-refractivity contribution is 9.09. The number of hydrogen-bond acceptors (Lipinski definition) is 3. The van der Waals surface area contributed by atoms with E-state index in [-0.39, 0.29) is 17.0 Å². The summed E-state index contributed by atoms with van der Waals surface area (Å²) in [7, 11) is 3.35. The van der Waals surface area contributed by atoms with Crippen molar-refractivity contribution in [1.82, 2.24) is 4.90 Å². The zero-order valence-corrected chi connectivity index (χ0v) is 16.1. The summed E-state index contributed by atoms with van der Waals surface area (Å²) in [5.41, 5.74) is 1.20. The van der Waals surface area contributed by atoms with E-state index >= 15 is 0 Å². The van der Waals surface area contributed by atoms with Crippen LogP contribution < -0.4 is 9.47 Å². The van der Waals surface area contributed by atoms with Gasteiger partial charge in [-0.05, 0) is 17.7 Å². The Morgan fingerprint density at radius 1 is 0.947 bits per heavy atom. The van der Waals surface area contributed by atoms with Crippen molar-refractivity contribution in [3.05, 3.63) is 23.8 Å². The number of ether oxygens (including phenoxy) is 2. The van der Waals surface area contributed by atoms with Crippen molar-refractivity contribution in [2.45, 2.75) is 6.54 Å². The predicted molar refractivity (Wildman–Crippen MR) is 92.7 cm³/mol. The molecule has 0 atom stereocenters. The highest BCUT2D eigenvalue weighted by Crippen LogP contribution is 2.23. The number of methoxy groups -OCH3 is 2. The van der Waals surface area contributed by atoms with Crippen LogP contribution in [-0.2, 0) is 6.54 Å². The third-order valence-electron chi connectivity index (χ3n) is 2.62. The summed E-state index contributed by atoms with van der Waals surface area (Å²) in [5, 5.41) is 1.95. The lowest BCUT2D eigenvalue weighted by atomic mass is 10.2. The van der Waals surface area contributed by atoms with Gasteiger partial charge >= 0.3 is 0 Å². The maximum Gasteiger partial charge on any atom is 0.122 e. The Labute approximate surface area is 142 Å². The summed E-state index contributed by atoms with van der Waals surface area (Å²) < 4.78 is 10.6. The highest BCUT2D eigenvalue weighted by atomic mass is 79.9. The van der Waals surface area contributed by atoms with Crippen molar-refractivity contribution in [2.75, 3.05) is 38.0 Å². The highest BCUT2D eigenvalue weighted by Gasteiger charge is 2.07. The molecule has 0 spiro atoms. The summed E-state index contributed by atoms with van der Waals surface area (Å²) >= 11 is 6.97. The smallest absolute Gasteiger partial charge is 0.122 e. The normalized spacial score (nSPS) is 10.2. The van der Waals surface area contributed by atoms with Crippen molar-refractivity contribution in [3.63, 3.8) is 0 Å². The molecule has 6 heteroatoms. The third-order valence-corrected chi connectivity index (χ3v) is 3.33. The van der Waals surface area contributed by atoms with Gasteiger partial charge in [-0.1, -0.05) is 31.9 Å². The third kappa shape index (κ3) is 6.97. The Morgan fingerprint density at radius 3 is 1.79 bits per heavy atom. The van der Waals surface area contributed by atoms with Crippen LogP contribution in [0.1, 0.15) is 5.56 Å². The number of halogens is 3. The molecule has 1 rings (SSSR count). The number of rotatable bonds is 8. The van der Waals surface area contributed by atoms with E-state index in [9.17, 15) is 0 Å². The number of alkyl halides is 2. The van der Waals surface area contributed by atoms with E-state index in [0.29, 0.717) is 0 Å². The SMILES string of the molecule is Br.COc1cc(CN(CCBr)CCBr)cc(OC)c1. The second-order valence-corrected chi connectivity index (χ2v) is 5.46. The average Bonchev–Trinajstić information content (AvgIpc) is 2.38. The topological polar surface area (TPSA) is 21.7 Å². The van der Waals surface area contributed by atoms with Crippen LogP contribution in [0.3, 0.4) is 0 Å². The zero-order valence-electron chi connectivity index (χ0n) is 11.2. The van der Waals surface area contributed by atoms with Gasteiger partial charge in [0.1, 0.15) is 11.5 Å². The summed E-state index contributed by atoms with van der Waals surface area (Å²) in [6.45, 7) is 2.93. The monoisotopic (exact) mass is 459 g/mol. The molecule has 0 amide bonds. The Bertz CT molecular complexity index is 335. The molecular weight excluding hydrogens is 442 g/mol. The molecule has 0 saturated heterocycles. The van der Waals surface area contributed by atoms with Gasteiger partial charge in [0.2, 0.25) is 0 Å². The van der Waals surface area contributed by atoms with Crippen molar-refractivity contribution in [2.24, 2.45) is 0 Å². The molecule has 3 nitrogen and oxygen atoms in total. The fourth-order valence-corrected chi connectivity index (χ4v) is 2.73. The fraction of sp³-hybridized carbons (Fsp3) is 0.538. The molecule has 0 N–H and O–H groups in total. The molecule has 0 aliphatic heterocycles. The van der Waals surface area contributed by atoms with E-state index in [1.54, 1.807) is 14.2 Å². The molecule has 1 aromatic rings. The van der Waals surface area contributed by atoms with E-state index in [1.807, 2.05) is 6.07 Å². The molecule has 0 heterocycles. The summed E-state index contributed by atoms with van der Waals surface area (Å²) in [6, 6.07) is 6.00. The van der Waals surface area contributed by atoms with Gasteiger partial charge in [0.05, 0.1) is 14.2 Å². The van der Waals surface area contributed by atoms with E-state index in [0.717, 1.165) is 41.8 Å². The first-order chi connectivity index (χ1) is 8.73. The van der Waals surface area contributed by atoms with Gasteiger partial charge in [0.15, 0.2) is 0 Å².